The Morgan fingerprint density at radius 1 is 1.45 bits per heavy atom. The molecule has 0 heterocycles. The lowest BCUT2D eigenvalue weighted by molar-refractivity contribution is 0.468. The van der Waals surface area contributed by atoms with Gasteiger partial charge in [-0.15, -0.1) is 0 Å². The Labute approximate surface area is 75.2 Å². The molecule has 0 spiro atoms. The first-order valence-electron chi connectivity index (χ1n) is 3.63. The lowest BCUT2D eigenvalue weighted by atomic mass is 10.1. The van der Waals surface area contributed by atoms with Crippen LogP contribution in [-0.4, -0.2) is 5.11 Å². The van der Waals surface area contributed by atoms with Gasteiger partial charge in [-0.1, -0.05) is 22.9 Å². The zero-order chi connectivity index (χ0) is 8.43. The van der Waals surface area contributed by atoms with Gasteiger partial charge >= 0.3 is 0 Å². The molecule has 1 N–H and O–H groups in total. The third-order valence-corrected chi connectivity index (χ3v) is 2.23. The van der Waals surface area contributed by atoms with Gasteiger partial charge in [-0.25, -0.2) is 0 Å². The molecule has 0 aliphatic carbocycles. The summed E-state index contributed by atoms with van der Waals surface area (Å²) in [5.41, 5.74) is 2.17. The molecule has 60 valence electrons. The maximum absolute atomic E-state index is 9.44. The smallest absolute Gasteiger partial charge is 0.120 e. The van der Waals surface area contributed by atoms with E-state index >= 15 is 0 Å². The number of aromatic hydroxyl groups is 1. The van der Waals surface area contributed by atoms with E-state index in [-0.39, 0.29) is 0 Å². The van der Waals surface area contributed by atoms with Crippen molar-refractivity contribution >= 4 is 15.9 Å². The second-order valence-corrected chi connectivity index (χ2v) is 3.49. The minimum Gasteiger partial charge on any atom is -0.508 e. The Morgan fingerprint density at radius 2 is 2.09 bits per heavy atom. The van der Waals surface area contributed by atoms with Crippen LogP contribution in [-0.2, 0) is 6.42 Å². The molecule has 0 unspecified atom stereocenters. The highest BCUT2D eigenvalue weighted by molar-refractivity contribution is 9.10. The summed E-state index contributed by atoms with van der Waals surface area (Å²) >= 11 is 3.32. The number of phenols is 1. The highest BCUT2D eigenvalue weighted by atomic mass is 79.9. The molecule has 0 saturated heterocycles. The first-order chi connectivity index (χ1) is 5.15. The van der Waals surface area contributed by atoms with E-state index < -0.39 is 0 Å². The average Bonchev–Trinajstić information content (AvgIpc) is 1.85. The Hall–Kier alpha value is -0.500. The third-order valence-electron chi connectivity index (χ3n) is 1.77. The van der Waals surface area contributed by atoms with Crippen LogP contribution >= 0.6 is 15.9 Å². The summed E-state index contributed by atoms with van der Waals surface area (Å²) in [6.07, 6.45) is 0.880. The minimum atomic E-state index is 0.388. The molecule has 1 rings (SSSR count). The van der Waals surface area contributed by atoms with E-state index in [0.717, 1.165) is 22.0 Å². The zero-order valence-electron chi connectivity index (χ0n) is 6.69. The van der Waals surface area contributed by atoms with E-state index in [1.165, 1.54) is 0 Å². The highest BCUT2D eigenvalue weighted by Crippen LogP contribution is 2.26. The lowest BCUT2D eigenvalue weighted by Crippen LogP contribution is -1.86. The largest absolute Gasteiger partial charge is 0.508 e. The second kappa shape index (κ2) is 3.26. The fraction of sp³-hybridized carbons (Fsp3) is 0.333. The van der Waals surface area contributed by atoms with Gasteiger partial charge in [-0.05, 0) is 36.6 Å². The molecule has 11 heavy (non-hydrogen) atoms. The molecule has 1 aromatic carbocycles. The van der Waals surface area contributed by atoms with Gasteiger partial charge in [0.25, 0.3) is 0 Å². The van der Waals surface area contributed by atoms with Gasteiger partial charge in [0.15, 0.2) is 0 Å². The molecule has 1 aromatic rings. The average molecular weight is 215 g/mol. The van der Waals surface area contributed by atoms with Gasteiger partial charge in [0.1, 0.15) is 5.75 Å². The van der Waals surface area contributed by atoms with Crippen LogP contribution in [0.4, 0.5) is 0 Å². The molecule has 0 amide bonds. The summed E-state index contributed by atoms with van der Waals surface area (Å²) < 4.78 is 0.935. The van der Waals surface area contributed by atoms with Gasteiger partial charge in [0, 0.05) is 4.47 Å². The van der Waals surface area contributed by atoms with Gasteiger partial charge in [0.05, 0.1) is 0 Å². The van der Waals surface area contributed by atoms with Crippen LogP contribution in [0.25, 0.3) is 0 Å². The fourth-order valence-electron chi connectivity index (χ4n) is 1.22. The maximum Gasteiger partial charge on any atom is 0.120 e. The quantitative estimate of drug-likeness (QED) is 0.763. The number of benzene rings is 1. The van der Waals surface area contributed by atoms with Gasteiger partial charge in [-0.3, -0.25) is 0 Å². The van der Waals surface area contributed by atoms with Crippen molar-refractivity contribution in [2.75, 3.05) is 0 Å². The summed E-state index contributed by atoms with van der Waals surface area (Å²) in [6, 6.07) is 3.74. The van der Waals surface area contributed by atoms with Crippen molar-refractivity contribution < 1.29 is 5.11 Å². The number of halogens is 1. The van der Waals surface area contributed by atoms with Crippen molar-refractivity contribution in [1.29, 1.82) is 0 Å². The van der Waals surface area contributed by atoms with Gasteiger partial charge in [0.2, 0.25) is 0 Å². The Morgan fingerprint density at radius 3 is 2.55 bits per heavy atom. The van der Waals surface area contributed by atoms with E-state index in [1.54, 1.807) is 6.07 Å². The van der Waals surface area contributed by atoms with E-state index in [2.05, 4.69) is 15.9 Å². The van der Waals surface area contributed by atoms with Crippen LogP contribution in [0.15, 0.2) is 16.6 Å². The number of phenolic OH excluding ortho intramolecular Hbond substituents is 1. The number of hydrogen-bond acceptors (Lipinski definition) is 1. The molecule has 0 saturated carbocycles. The molecule has 0 aliphatic rings. The van der Waals surface area contributed by atoms with Crippen molar-refractivity contribution in [1.82, 2.24) is 0 Å². The highest BCUT2D eigenvalue weighted by Gasteiger charge is 2.02. The molecule has 0 aliphatic heterocycles. The summed E-state index contributed by atoms with van der Waals surface area (Å²) in [5, 5.41) is 9.44. The number of aryl methyl sites for hydroxylation is 1. The molecule has 0 radical (unpaired) electrons. The lowest BCUT2D eigenvalue weighted by Gasteiger charge is -2.05. The van der Waals surface area contributed by atoms with Crippen molar-refractivity contribution in [3.8, 4) is 5.75 Å². The summed E-state index contributed by atoms with van der Waals surface area (Å²) in [5.74, 6) is 0.388. The standard InChI is InChI=1S/C9H11BrO/c1-3-8-6(2)4-7(10)5-9(8)11/h4-5,11H,3H2,1-2H3. The van der Waals surface area contributed by atoms with Crippen LogP contribution in [0.2, 0.25) is 0 Å². The molecule has 0 aromatic heterocycles. The van der Waals surface area contributed by atoms with Crippen molar-refractivity contribution in [2.45, 2.75) is 20.3 Å². The fourth-order valence-corrected chi connectivity index (χ4v) is 1.78. The monoisotopic (exact) mass is 214 g/mol. The van der Waals surface area contributed by atoms with Gasteiger partial charge in [-0.2, -0.15) is 0 Å². The van der Waals surface area contributed by atoms with E-state index in [9.17, 15) is 5.11 Å². The predicted molar refractivity (Wildman–Crippen MR) is 49.9 cm³/mol. The SMILES string of the molecule is CCc1c(C)cc(Br)cc1O. The molecule has 0 atom stereocenters. The Kier molecular flexibility index (Phi) is 2.55. The maximum atomic E-state index is 9.44. The van der Waals surface area contributed by atoms with E-state index in [1.807, 2.05) is 19.9 Å². The molecular weight excluding hydrogens is 204 g/mol. The van der Waals surface area contributed by atoms with Crippen molar-refractivity contribution in [3.05, 3.63) is 27.7 Å². The van der Waals surface area contributed by atoms with Crippen LogP contribution in [0.1, 0.15) is 18.1 Å². The molecule has 2 heteroatoms. The Bertz CT molecular complexity index is 245. The van der Waals surface area contributed by atoms with Crippen LogP contribution in [0.5, 0.6) is 5.75 Å². The molecule has 1 nitrogen and oxygen atoms in total. The third kappa shape index (κ3) is 1.74. The summed E-state index contributed by atoms with van der Waals surface area (Å²) in [6.45, 7) is 4.04. The van der Waals surface area contributed by atoms with Crippen LogP contribution in [0, 0.1) is 6.92 Å². The number of hydrogen-bond donors (Lipinski definition) is 1. The minimum absolute atomic E-state index is 0.388. The normalized spacial score (nSPS) is 10.1. The number of rotatable bonds is 1. The van der Waals surface area contributed by atoms with Crippen LogP contribution < -0.4 is 0 Å². The molecule has 0 fully saturated rings. The van der Waals surface area contributed by atoms with E-state index in [0.29, 0.717) is 5.75 Å². The topological polar surface area (TPSA) is 20.2 Å². The summed E-state index contributed by atoms with van der Waals surface area (Å²) in [7, 11) is 0. The summed E-state index contributed by atoms with van der Waals surface area (Å²) in [4.78, 5) is 0. The predicted octanol–water partition coefficient (Wildman–Crippen LogP) is 3.03. The molecular formula is C9H11BrO. The Balaban J connectivity index is 3.25. The van der Waals surface area contributed by atoms with E-state index in [4.69, 9.17) is 0 Å². The zero-order valence-corrected chi connectivity index (χ0v) is 8.27. The van der Waals surface area contributed by atoms with Crippen molar-refractivity contribution in [3.63, 3.8) is 0 Å². The second-order valence-electron chi connectivity index (χ2n) is 2.57. The first-order valence-corrected chi connectivity index (χ1v) is 4.42. The van der Waals surface area contributed by atoms with Gasteiger partial charge < -0.3 is 5.11 Å². The molecule has 0 bridgehead atoms. The van der Waals surface area contributed by atoms with Crippen LogP contribution in [0.3, 0.4) is 0 Å². The first kappa shape index (κ1) is 8.60. The van der Waals surface area contributed by atoms with Crippen molar-refractivity contribution in [2.24, 2.45) is 0 Å².